The lowest BCUT2D eigenvalue weighted by Gasteiger charge is -2.13. The van der Waals surface area contributed by atoms with Crippen LogP contribution in [0.4, 0.5) is 0 Å². The van der Waals surface area contributed by atoms with E-state index in [2.05, 4.69) is 10.1 Å². The number of aryl methyl sites for hydroxylation is 1. The third-order valence-corrected chi connectivity index (χ3v) is 3.87. The molecule has 0 saturated heterocycles. The van der Waals surface area contributed by atoms with Gasteiger partial charge in [-0.2, -0.15) is 0 Å². The second kappa shape index (κ2) is 4.30. The number of nitrogens with zero attached hydrogens (tertiary/aromatic N) is 3. The van der Waals surface area contributed by atoms with Crippen LogP contribution in [0.1, 0.15) is 24.1 Å². The predicted molar refractivity (Wildman–Crippen MR) is 75.7 cm³/mol. The molecule has 5 nitrogen and oxygen atoms in total. The molecule has 0 atom stereocenters. The van der Waals surface area contributed by atoms with E-state index in [1.54, 1.807) is 12.4 Å². The zero-order valence-electron chi connectivity index (χ0n) is 11.0. The van der Waals surface area contributed by atoms with Gasteiger partial charge in [0, 0.05) is 18.0 Å². The lowest BCUT2D eigenvalue weighted by atomic mass is 9.97. The Morgan fingerprint density at radius 3 is 2.95 bits per heavy atom. The minimum atomic E-state index is 0.0341. The average molecular weight is 266 g/mol. The van der Waals surface area contributed by atoms with Gasteiger partial charge in [0.1, 0.15) is 0 Å². The molecule has 4 rings (SSSR count). The van der Waals surface area contributed by atoms with Crippen LogP contribution in [-0.2, 0) is 12.8 Å². The third kappa shape index (κ3) is 1.59. The molecule has 0 fully saturated rings. The summed E-state index contributed by atoms with van der Waals surface area (Å²) in [6, 6.07) is 5.73. The third-order valence-electron chi connectivity index (χ3n) is 3.87. The highest BCUT2D eigenvalue weighted by atomic mass is 16.1. The maximum Gasteiger partial charge on any atom is 0.276 e. The zero-order valence-corrected chi connectivity index (χ0v) is 11.0. The molecule has 3 aromatic rings. The van der Waals surface area contributed by atoms with Crippen molar-refractivity contribution in [3.05, 3.63) is 52.2 Å². The second-order valence-electron chi connectivity index (χ2n) is 5.11. The Hall–Kier alpha value is -2.43. The molecule has 100 valence electrons. The van der Waals surface area contributed by atoms with Crippen molar-refractivity contribution in [2.75, 3.05) is 0 Å². The van der Waals surface area contributed by atoms with Gasteiger partial charge < -0.3 is 0 Å². The van der Waals surface area contributed by atoms with Gasteiger partial charge in [-0.15, -0.1) is 0 Å². The fourth-order valence-corrected chi connectivity index (χ4v) is 2.86. The van der Waals surface area contributed by atoms with Crippen molar-refractivity contribution in [3.63, 3.8) is 0 Å². The monoisotopic (exact) mass is 266 g/mol. The second-order valence-corrected chi connectivity index (χ2v) is 5.11. The van der Waals surface area contributed by atoms with Crippen LogP contribution in [0.5, 0.6) is 0 Å². The highest BCUT2D eigenvalue weighted by Crippen LogP contribution is 2.23. The van der Waals surface area contributed by atoms with Crippen LogP contribution in [-0.4, -0.2) is 19.6 Å². The molecule has 0 spiro atoms. The summed E-state index contributed by atoms with van der Waals surface area (Å²) in [5.74, 6) is 0. The van der Waals surface area contributed by atoms with Crippen LogP contribution in [0.25, 0.3) is 16.9 Å². The molecule has 1 aliphatic carbocycles. The Labute approximate surface area is 115 Å². The molecule has 3 heterocycles. The summed E-state index contributed by atoms with van der Waals surface area (Å²) in [6.07, 6.45) is 7.46. The fourth-order valence-electron chi connectivity index (χ4n) is 2.86. The number of aromatic nitrogens is 4. The summed E-state index contributed by atoms with van der Waals surface area (Å²) in [4.78, 5) is 21.5. The van der Waals surface area contributed by atoms with Crippen molar-refractivity contribution in [1.29, 1.82) is 0 Å². The number of aromatic amines is 1. The van der Waals surface area contributed by atoms with E-state index in [1.165, 1.54) is 4.52 Å². The number of hydrogen-bond acceptors (Lipinski definition) is 3. The molecular weight excluding hydrogens is 252 g/mol. The number of pyridine rings is 1. The first kappa shape index (κ1) is 11.4. The number of rotatable bonds is 1. The van der Waals surface area contributed by atoms with E-state index in [9.17, 15) is 4.79 Å². The number of fused-ring (bicyclic) bond motifs is 2. The zero-order chi connectivity index (χ0) is 13.5. The Balaban J connectivity index is 2.02. The molecule has 20 heavy (non-hydrogen) atoms. The van der Waals surface area contributed by atoms with E-state index >= 15 is 0 Å². The summed E-state index contributed by atoms with van der Waals surface area (Å²) in [6.45, 7) is 0. The first-order valence-electron chi connectivity index (χ1n) is 6.88. The smallest absolute Gasteiger partial charge is 0.276 e. The molecule has 0 aromatic carbocycles. The Kier molecular flexibility index (Phi) is 2.45. The summed E-state index contributed by atoms with van der Waals surface area (Å²) >= 11 is 0. The van der Waals surface area contributed by atoms with Gasteiger partial charge in [0.25, 0.3) is 5.56 Å². The van der Waals surface area contributed by atoms with Crippen molar-refractivity contribution >= 4 is 5.65 Å². The fraction of sp³-hybridized carbons (Fsp3) is 0.267. The molecule has 0 bridgehead atoms. The molecular formula is C15H14N4O. The summed E-state index contributed by atoms with van der Waals surface area (Å²) in [5, 5.41) is 3.01. The minimum absolute atomic E-state index is 0.0341. The number of hydrogen-bond donors (Lipinski definition) is 1. The maximum atomic E-state index is 12.5. The summed E-state index contributed by atoms with van der Waals surface area (Å²) in [7, 11) is 0. The Morgan fingerprint density at radius 1 is 1.20 bits per heavy atom. The molecule has 5 heteroatoms. The maximum absolute atomic E-state index is 12.5. The topological polar surface area (TPSA) is 63.0 Å². The van der Waals surface area contributed by atoms with Crippen LogP contribution < -0.4 is 5.56 Å². The SMILES string of the molecule is O=c1c2c(nc3c(-c4ccccn4)c[nH]n13)CCCC2. The van der Waals surface area contributed by atoms with E-state index in [-0.39, 0.29) is 5.56 Å². The van der Waals surface area contributed by atoms with E-state index in [0.29, 0.717) is 5.65 Å². The van der Waals surface area contributed by atoms with Gasteiger partial charge in [-0.3, -0.25) is 14.9 Å². The van der Waals surface area contributed by atoms with Gasteiger partial charge in [-0.25, -0.2) is 9.50 Å². The van der Waals surface area contributed by atoms with Gasteiger partial charge in [-0.05, 0) is 37.8 Å². The normalized spacial score (nSPS) is 14.4. The van der Waals surface area contributed by atoms with Crippen LogP contribution in [0, 0.1) is 0 Å². The molecule has 0 radical (unpaired) electrons. The van der Waals surface area contributed by atoms with Crippen molar-refractivity contribution in [1.82, 2.24) is 19.6 Å². The van der Waals surface area contributed by atoms with Crippen LogP contribution in [0.3, 0.4) is 0 Å². The summed E-state index contributed by atoms with van der Waals surface area (Å²) in [5.41, 5.74) is 4.23. The van der Waals surface area contributed by atoms with E-state index in [0.717, 1.165) is 48.2 Å². The molecule has 0 unspecified atom stereocenters. The van der Waals surface area contributed by atoms with Crippen molar-refractivity contribution in [3.8, 4) is 11.3 Å². The Bertz CT molecular complexity index is 832. The molecule has 1 N–H and O–H groups in total. The van der Waals surface area contributed by atoms with Gasteiger partial charge in [0.05, 0.1) is 17.0 Å². The van der Waals surface area contributed by atoms with Gasteiger partial charge in [-0.1, -0.05) is 6.07 Å². The van der Waals surface area contributed by atoms with E-state index in [1.807, 2.05) is 18.2 Å². The van der Waals surface area contributed by atoms with Gasteiger partial charge >= 0.3 is 0 Å². The van der Waals surface area contributed by atoms with E-state index < -0.39 is 0 Å². The molecule has 0 aliphatic heterocycles. The van der Waals surface area contributed by atoms with E-state index in [4.69, 9.17) is 4.98 Å². The predicted octanol–water partition coefficient (Wildman–Crippen LogP) is 1.96. The molecule has 3 aromatic heterocycles. The lowest BCUT2D eigenvalue weighted by molar-refractivity contribution is 0.651. The highest BCUT2D eigenvalue weighted by Gasteiger charge is 2.19. The van der Waals surface area contributed by atoms with Gasteiger partial charge in [0.15, 0.2) is 5.65 Å². The quantitative estimate of drug-likeness (QED) is 0.732. The molecule has 0 saturated carbocycles. The average Bonchev–Trinajstić information content (AvgIpc) is 2.92. The highest BCUT2D eigenvalue weighted by molar-refractivity contribution is 5.74. The largest absolute Gasteiger partial charge is 0.296 e. The standard InChI is InChI=1S/C15H14N4O/c20-15-10-5-1-2-7-13(10)18-14-11(9-17-19(14)15)12-6-3-4-8-16-12/h3-4,6,8-9,17H,1-2,5,7H2. The van der Waals surface area contributed by atoms with Crippen molar-refractivity contribution in [2.45, 2.75) is 25.7 Å². The molecule has 1 aliphatic rings. The number of nitrogens with one attached hydrogen (secondary N) is 1. The summed E-state index contributed by atoms with van der Waals surface area (Å²) < 4.78 is 1.54. The number of H-pyrrole nitrogens is 1. The Morgan fingerprint density at radius 2 is 2.10 bits per heavy atom. The van der Waals surface area contributed by atoms with Gasteiger partial charge in [0.2, 0.25) is 0 Å². The van der Waals surface area contributed by atoms with Crippen molar-refractivity contribution < 1.29 is 0 Å². The van der Waals surface area contributed by atoms with Crippen molar-refractivity contribution in [2.24, 2.45) is 0 Å². The lowest BCUT2D eigenvalue weighted by Crippen LogP contribution is -2.24. The van der Waals surface area contributed by atoms with Crippen LogP contribution in [0.15, 0.2) is 35.4 Å². The van der Waals surface area contributed by atoms with Crippen LogP contribution in [0.2, 0.25) is 0 Å². The van der Waals surface area contributed by atoms with Crippen LogP contribution >= 0.6 is 0 Å². The molecule has 0 amide bonds. The minimum Gasteiger partial charge on any atom is -0.296 e. The first-order valence-corrected chi connectivity index (χ1v) is 6.88. The first-order chi connectivity index (χ1) is 9.84.